The Hall–Kier alpha value is -3.02. The second-order valence-electron chi connectivity index (χ2n) is 8.35. The number of aromatic nitrogens is 2. The number of thiophene rings is 1. The molecule has 0 aliphatic heterocycles. The average Bonchev–Trinajstić information content (AvgIpc) is 3.33. The summed E-state index contributed by atoms with van der Waals surface area (Å²) in [6.45, 7) is 6.33. The van der Waals surface area contributed by atoms with Gasteiger partial charge in [0.15, 0.2) is 0 Å². The number of aliphatic hydroxyl groups excluding tert-OH is 1. The Morgan fingerprint density at radius 3 is 2.62 bits per heavy atom. The van der Waals surface area contributed by atoms with Gasteiger partial charge in [-0.05, 0) is 42.6 Å². The van der Waals surface area contributed by atoms with Crippen LogP contribution in [0.1, 0.15) is 20.8 Å². The molecular weight excluding hydrogens is 474 g/mol. The lowest BCUT2D eigenvalue weighted by Crippen LogP contribution is -2.27. The van der Waals surface area contributed by atoms with Crippen LogP contribution in [0.2, 0.25) is 0 Å². The molecule has 3 N–H and O–H groups in total. The van der Waals surface area contributed by atoms with Crippen molar-refractivity contribution in [3.63, 3.8) is 0 Å². The van der Waals surface area contributed by atoms with E-state index in [-0.39, 0.29) is 18.6 Å². The molecule has 2 aromatic heterocycles. The van der Waals surface area contributed by atoms with Crippen LogP contribution in [0, 0.1) is 5.41 Å². The van der Waals surface area contributed by atoms with Gasteiger partial charge in [-0.25, -0.2) is 14.0 Å². The Kier molecular flexibility index (Phi) is 8.24. The van der Waals surface area contributed by atoms with E-state index in [1.807, 2.05) is 31.4 Å². The summed E-state index contributed by atoms with van der Waals surface area (Å²) in [4.78, 5) is 22.1. The molecule has 0 spiro atoms. The minimum absolute atomic E-state index is 0.0416. The molecule has 1 unspecified atom stereocenters. The van der Waals surface area contributed by atoms with E-state index in [0.29, 0.717) is 28.9 Å². The SMILES string of the molecule is CCOC(=O)N=S(C)(=O)c1ccc(Nc2ncc(-c3cccs3)c(NCC(C)(C)CO)n2)cc1. The van der Waals surface area contributed by atoms with E-state index in [0.717, 1.165) is 10.4 Å². The number of nitrogens with zero attached hydrogens (tertiary/aromatic N) is 3. The number of aliphatic hydroxyl groups is 1. The Balaban J connectivity index is 1.83. The monoisotopic (exact) mass is 503 g/mol. The zero-order valence-electron chi connectivity index (χ0n) is 19.6. The van der Waals surface area contributed by atoms with Gasteiger partial charge in [0.1, 0.15) is 5.82 Å². The summed E-state index contributed by atoms with van der Waals surface area (Å²) in [6, 6.07) is 10.7. The molecule has 0 saturated heterocycles. The van der Waals surface area contributed by atoms with Crippen molar-refractivity contribution in [3.05, 3.63) is 48.0 Å². The summed E-state index contributed by atoms with van der Waals surface area (Å²) >= 11 is 1.59. The molecule has 11 heteroatoms. The Morgan fingerprint density at radius 2 is 2.00 bits per heavy atom. The van der Waals surface area contributed by atoms with Gasteiger partial charge in [-0.2, -0.15) is 4.98 Å². The zero-order valence-corrected chi connectivity index (χ0v) is 21.2. The van der Waals surface area contributed by atoms with E-state index in [2.05, 4.69) is 25.0 Å². The first kappa shape index (κ1) is 25.6. The van der Waals surface area contributed by atoms with Crippen LogP contribution in [-0.4, -0.2) is 51.4 Å². The fourth-order valence-corrected chi connectivity index (χ4v) is 4.65. The molecular formula is C23H29N5O4S2. The topological polar surface area (TPSA) is 126 Å². The highest BCUT2D eigenvalue weighted by Crippen LogP contribution is 2.31. The number of amides is 1. The first-order valence-corrected chi connectivity index (χ1v) is 13.5. The van der Waals surface area contributed by atoms with Crippen LogP contribution in [0.5, 0.6) is 0 Å². The first-order valence-electron chi connectivity index (χ1n) is 10.7. The highest BCUT2D eigenvalue weighted by Gasteiger charge is 2.19. The van der Waals surface area contributed by atoms with Crippen LogP contribution in [0.3, 0.4) is 0 Å². The smallest absolute Gasteiger partial charge is 0.442 e. The molecule has 9 nitrogen and oxygen atoms in total. The van der Waals surface area contributed by atoms with E-state index in [9.17, 15) is 14.1 Å². The van der Waals surface area contributed by atoms with E-state index in [1.54, 1.807) is 48.7 Å². The number of benzene rings is 1. The largest absolute Gasteiger partial charge is 0.448 e. The first-order chi connectivity index (χ1) is 16.1. The van der Waals surface area contributed by atoms with Gasteiger partial charge in [0.2, 0.25) is 5.95 Å². The van der Waals surface area contributed by atoms with Crippen molar-refractivity contribution in [2.45, 2.75) is 25.7 Å². The van der Waals surface area contributed by atoms with E-state index in [1.165, 1.54) is 6.26 Å². The normalized spacial score (nSPS) is 13.1. The van der Waals surface area contributed by atoms with Gasteiger partial charge in [0, 0.05) is 46.5 Å². The third kappa shape index (κ3) is 6.75. The van der Waals surface area contributed by atoms with Gasteiger partial charge in [0.25, 0.3) is 0 Å². The van der Waals surface area contributed by atoms with Crippen LogP contribution in [-0.2, 0) is 14.5 Å². The van der Waals surface area contributed by atoms with Crippen LogP contribution in [0.4, 0.5) is 22.2 Å². The molecule has 2 heterocycles. The molecule has 1 aromatic carbocycles. The van der Waals surface area contributed by atoms with Gasteiger partial charge in [-0.15, -0.1) is 15.7 Å². The fraction of sp³-hybridized carbons (Fsp3) is 0.348. The average molecular weight is 504 g/mol. The Morgan fingerprint density at radius 1 is 1.26 bits per heavy atom. The number of carbonyl (C=O) groups excluding carboxylic acids is 1. The third-order valence-corrected chi connectivity index (χ3v) is 7.35. The lowest BCUT2D eigenvalue weighted by atomic mass is 9.95. The maximum atomic E-state index is 12.8. The van der Waals surface area contributed by atoms with Gasteiger partial charge in [-0.1, -0.05) is 19.9 Å². The molecule has 34 heavy (non-hydrogen) atoms. The van der Waals surface area contributed by atoms with Crippen molar-refractivity contribution < 1.29 is 18.8 Å². The van der Waals surface area contributed by atoms with Gasteiger partial charge >= 0.3 is 6.09 Å². The molecule has 182 valence electrons. The molecule has 0 bridgehead atoms. The molecule has 0 radical (unpaired) electrons. The quantitative estimate of drug-likeness (QED) is 0.373. The maximum absolute atomic E-state index is 12.8. The molecule has 0 saturated carbocycles. The highest BCUT2D eigenvalue weighted by atomic mass is 32.2. The van der Waals surface area contributed by atoms with Crippen molar-refractivity contribution in [1.82, 2.24) is 9.97 Å². The van der Waals surface area contributed by atoms with E-state index < -0.39 is 15.8 Å². The minimum Gasteiger partial charge on any atom is -0.448 e. The van der Waals surface area contributed by atoms with Crippen LogP contribution >= 0.6 is 11.3 Å². The number of anilines is 3. The van der Waals surface area contributed by atoms with E-state index >= 15 is 0 Å². The lowest BCUT2D eigenvalue weighted by Gasteiger charge is -2.23. The van der Waals surface area contributed by atoms with Crippen LogP contribution < -0.4 is 10.6 Å². The lowest BCUT2D eigenvalue weighted by molar-refractivity contribution is 0.164. The standard InChI is InChI=1S/C23H29N5O4S2/c1-5-32-22(30)28-34(4,31)17-10-8-16(9-11-17)26-21-24-13-18(19-7-6-12-33-19)20(27-21)25-14-23(2,3)15-29/h6-13,29H,5,14-15H2,1-4H3,(H2,24,25,26,27). The third-order valence-electron chi connectivity index (χ3n) is 4.80. The Labute approximate surface area is 203 Å². The van der Waals surface area contributed by atoms with Gasteiger partial charge in [0.05, 0.1) is 21.9 Å². The molecule has 0 aliphatic rings. The molecule has 3 aromatic rings. The van der Waals surface area contributed by atoms with Crippen molar-refractivity contribution in [3.8, 4) is 10.4 Å². The maximum Gasteiger partial charge on any atom is 0.442 e. The van der Waals surface area contributed by atoms with Crippen molar-refractivity contribution in [2.24, 2.45) is 9.78 Å². The number of rotatable bonds is 9. The fourth-order valence-electron chi connectivity index (χ4n) is 2.83. The van der Waals surface area contributed by atoms with Crippen molar-refractivity contribution >= 4 is 44.6 Å². The zero-order chi connectivity index (χ0) is 24.8. The van der Waals surface area contributed by atoms with Crippen molar-refractivity contribution in [1.29, 1.82) is 0 Å². The predicted molar refractivity (Wildman–Crippen MR) is 136 cm³/mol. The molecule has 1 atom stereocenters. The molecule has 3 rings (SSSR count). The Bertz CT molecular complexity index is 1230. The second kappa shape index (κ2) is 10.9. The van der Waals surface area contributed by atoms with Crippen LogP contribution in [0.15, 0.2) is 57.2 Å². The molecule has 0 fully saturated rings. The van der Waals surface area contributed by atoms with E-state index in [4.69, 9.17) is 4.74 Å². The number of hydrogen-bond donors (Lipinski definition) is 3. The summed E-state index contributed by atoms with van der Waals surface area (Å²) in [5.41, 5.74) is 1.24. The summed E-state index contributed by atoms with van der Waals surface area (Å²) < 4.78 is 21.2. The minimum atomic E-state index is -2.92. The highest BCUT2D eigenvalue weighted by molar-refractivity contribution is 7.93. The number of nitrogens with one attached hydrogen (secondary N) is 2. The number of hydrogen-bond acceptors (Lipinski definition) is 9. The second-order valence-corrected chi connectivity index (χ2v) is 11.6. The summed E-state index contributed by atoms with van der Waals surface area (Å²) in [6.07, 6.45) is 2.30. The van der Waals surface area contributed by atoms with Gasteiger partial charge in [-0.3, -0.25) is 0 Å². The molecule has 1 amide bonds. The molecule has 0 aliphatic carbocycles. The van der Waals surface area contributed by atoms with Crippen LogP contribution in [0.25, 0.3) is 10.4 Å². The number of ether oxygens (including phenoxy) is 1. The number of carbonyl (C=O) groups is 1. The summed E-state index contributed by atoms with van der Waals surface area (Å²) in [5, 5.41) is 18.1. The van der Waals surface area contributed by atoms with Gasteiger partial charge < -0.3 is 20.5 Å². The predicted octanol–water partition coefficient (Wildman–Crippen LogP) is 4.99. The summed E-state index contributed by atoms with van der Waals surface area (Å²) in [7, 11) is -2.92. The summed E-state index contributed by atoms with van der Waals surface area (Å²) in [5.74, 6) is 1.04. The van der Waals surface area contributed by atoms with Crippen molar-refractivity contribution in [2.75, 3.05) is 36.6 Å².